The first-order valence-corrected chi connectivity index (χ1v) is 7.03. The highest BCUT2D eigenvalue weighted by atomic mass is 16.3. The Labute approximate surface area is 124 Å². The maximum atomic E-state index is 5.41. The van der Waals surface area contributed by atoms with Crippen LogP contribution < -0.4 is 5.32 Å². The van der Waals surface area contributed by atoms with Gasteiger partial charge in [0.05, 0.1) is 17.7 Å². The van der Waals surface area contributed by atoms with Gasteiger partial charge >= 0.3 is 0 Å². The fourth-order valence-corrected chi connectivity index (χ4v) is 2.50. The van der Waals surface area contributed by atoms with Gasteiger partial charge in [0.25, 0.3) is 0 Å². The van der Waals surface area contributed by atoms with Gasteiger partial charge in [0, 0.05) is 12.7 Å². The summed E-state index contributed by atoms with van der Waals surface area (Å²) in [7, 11) is 4.18. The number of nitrogens with one attached hydrogen (secondary N) is 1. The van der Waals surface area contributed by atoms with Gasteiger partial charge in [0.2, 0.25) is 0 Å². The van der Waals surface area contributed by atoms with E-state index in [1.807, 2.05) is 18.2 Å². The van der Waals surface area contributed by atoms with Crippen LogP contribution in [0.15, 0.2) is 59.3 Å². The van der Waals surface area contributed by atoms with Crippen LogP contribution in [-0.4, -0.2) is 30.5 Å². The Morgan fingerprint density at radius 3 is 2.71 bits per heavy atom. The minimum atomic E-state index is 0.287. The van der Waals surface area contributed by atoms with Crippen molar-refractivity contribution >= 4 is 16.8 Å². The fraction of sp³-hybridized carbons (Fsp3) is 0.235. The van der Waals surface area contributed by atoms with Crippen molar-refractivity contribution < 1.29 is 4.42 Å². The summed E-state index contributed by atoms with van der Waals surface area (Å²) in [5.74, 6) is 0.865. The number of rotatable bonds is 5. The van der Waals surface area contributed by atoms with Crippen LogP contribution in [-0.2, 0) is 0 Å². The van der Waals surface area contributed by atoms with Gasteiger partial charge in [-0.2, -0.15) is 0 Å². The number of pyridine rings is 1. The maximum absolute atomic E-state index is 5.41. The number of furan rings is 1. The molecule has 4 heteroatoms. The Hall–Kier alpha value is -2.33. The van der Waals surface area contributed by atoms with Crippen molar-refractivity contribution in [2.24, 2.45) is 0 Å². The second-order valence-electron chi connectivity index (χ2n) is 5.26. The standard InChI is InChI=1S/C17H19N3O/c1-20(2)15(13-6-4-3-5-7-13)12-19-17-14-9-11-21-16(14)8-10-18-17/h3-11,15H,12H2,1-2H3,(H,18,19)/t15-/m0/s1. The molecule has 0 radical (unpaired) electrons. The number of anilines is 1. The molecular weight excluding hydrogens is 262 g/mol. The molecule has 0 bridgehead atoms. The Morgan fingerprint density at radius 2 is 1.95 bits per heavy atom. The van der Waals surface area contributed by atoms with Crippen molar-refractivity contribution in [1.29, 1.82) is 0 Å². The molecule has 0 saturated carbocycles. The predicted molar refractivity (Wildman–Crippen MR) is 85.4 cm³/mol. The van der Waals surface area contributed by atoms with E-state index in [-0.39, 0.29) is 6.04 Å². The summed E-state index contributed by atoms with van der Waals surface area (Å²) in [5, 5.41) is 4.46. The van der Waals surface area contributed by atoms with Crippen molar-refractivity contribution in [3.63, 3.8) is 0 Å². The van der Waals surface area contributed by atoms with E-state index in [0.29, 0.717) is 0 Å². The van der Waals surface area contributed by atoms with Gasteiger partial charge in [-0.25, -0.2) is 4.98 Å². The average molecular weight is 281 g/mol. The minimum absolute atomic E-state index is 0.287. The lowest BCUT2D eigenvalue weighted by Crippen LogP contribution is -2.27. The Bertz CT molecular complexity index is 706. The van der Waals surface area contributed by atoms with E-state index in [2.05, 4.69) is 53.6 Å². The molecule has 0 spiro atoms. The molecule has 1 N–H and O–H groups in total. The summed E-state index contributed by atoms with van der Waals surface area (Å²) in [6.45, 7) is 0.786. The second-order valence-corrected chi connectivity index (χ2v) is 5.26. The number of hydrogen-bond donors (Lipinski definition) is 1. The molecule has 0 aliphatic carbocycles. The zero-order valence-corrected chi connectivity index (χ0v) is 12.3. The SMILES string of the molecule is CN(C)[C@@H](CNc1nccc2occc12)c1ccccc1. The lowest BCUT2D eigenvalue weighted by molar-refractivity contribution is 0.311. The maximum Gasteiger partial charge on any atom is 0.139 e. The first kappa shape index (κ1) is 13.6. The Balaban J connectivity index is 1.80. The molecule has 3 aromatic rings. The van der Waals surface area contributed by atoms with Crippen LogP contribution >= 0.6 is 0 Å². The number of likely N-dealkylation sites (N-methyl/N-ethyl adjacent to an activating group) is 1. The van der Waals surface area contributed by atoms with Gasteiger partial charge < -0.3 is 14.6 Å². The van der Waals surface area contributed by atoms with Crippen molar-refractivity contribution in [1.82, 2.24) is 9.88 Å². The lowest BCUT2D eigenvalue weighted by atomic mass is 10.1. The number of hydrogen-bond acceptors (Lipinski definition) is 4. The highest BCUT2D eigenvalue weighted by Crippen LogP contribution is 2.24. The van der Waals surface area contributed by atoms with E-state index in [9.17, 15) is 0 Å². The number of aromatic nitrogens is 1. The zero-order valence-electron chi connectivity index (χ0n) is 12.3. The molecule has 0 aliphatic heterocycles. The molecule has 2 aromatic heterocycles. The van der Waals surface area contributed by atoms with E-state index in [4.69, 9.17) is 4.42 Å². The molecule has 0 amide bonds. The summed E-state index contributed by atoms with van der Waals surface area (Å²) in [4.78, 5) is 6.62. The van der Waals surface area contributed by atoms with E-state index in [1.165, 1.54) is 5.56 Å². The molecule has 0 aliphatic rings. The van der Waals surface area contributed by atoms with Crippen LogP contribution in [0.2, 0.25) is 0 Å². The van der Waals surface area contributed by atoms with Crippen LogP contribution in [0, 0.1) is 0 Å². The van der Waals surface area contributed by atoms with E-state index < -0.39 is 0 Å². The molecule has 0 saturated heterocycles. The molecule has 4 nitrogen and oxygen atoms in total. The molecule has 2 heterocycles. The number of nitrogens with zero attached hydrogens (tertiary/aromatic N) is 2. The largest absolute Gasteiger partial charge is 0.464 e. The van der Waals surface area contributed by atoms with Crippen molar-refractivity contribution in [3.8, 4) is 0 Å². The first-order valence-electron chi connectivity index (χ1n) is 7.03. The fourth-order valence-electron chi connectivity index (χ4n) is 2.50. The Morgan fingerprint density at radius 1 is 1.14 bits per heavy atom. The molecule has 1 aromatic carbocycles. The van der Waals surface area contributed by atoms with Crippen molar-refractivity contribution in [2.75, 3.05) is 26.0 Å². The Kier molecular flexibility index (Phi) is 3.88. The monoisotopic (exact) mass is 281 g/mol. The zero-order chi connectivity index (χ0) is 14.7. The third-order valence-corrected chi connectivity index (χ3v) is 3.65. The van der Waals surface area contributed by atoms with Gasteiger partial charge in [0.15, 0.2) is 0 Å². The topological polar surface area (TPSA) is 41.3 Å². The van der Waals surface area contributed by atoms with E-state index in [0.717, 1.165) is 23.3 Å². The van der Waals surface area contributed by atoms with Gasteiger partial charge in [-0.1, -0.05) is 30.3 Å². The highest BCUT2D eigenvalue weighted by Gasteiger charge is 2.14. The van der Waals surface area contributed by atoms with Crippen LogP contribution in [0.5, 0.6) is 0 Å². The molecule has 108 valence electrons. The summed E-state index contributed by atoms with van der Waals surface area (Å²) in [6.07, 6.45) is 3.46. The van der Waals surface area contributed by atoms with Gasteiger partial charge in [-0.3, -0.25) is 0 Å². The van der Waals surface area contributed by atoms with E-state index >= 15 is 0 Å². The highest BCUT2D eigenvalue weighted by molar-refractivity contribution is 5.87. The number of benzene rings is 1. The average Bonchev–Trinajstić information content (AvgIpc) is 2.97. The van der Waals surface area contributed by atoms with Crippen LogP contribution in [0.1, 0.15) is 11.6 Å². The molecule has 0 fully saturated rings. The summed E-state index contributed by atoms with van der Waals surface area (Å²) < 4.78 is 5.41. The first-order chi connectivity index (χ1) is 10.3. The molecule has 0 unspecified atom stereocenters. The van der Waals surface area contributed by atoms with Gasteiger partial charge in [0.1, 0.15) is 11.4 Å². The van der Waals surface area contributed by atoms with Crippen molar-refractivity contribution in [3.05, 3.63) is 60.5 Å². The van der Waals surface area contributed by atoms with Gasteiger partial charge in [-0.05, 0) is 31.8 Å². The molecular formula is C17H19N3O. The summed E-state index contributed by atoms with van der Waals surface area (Å²) in [5.41, 5.74) is 2.14. The molecule has 1 atom stereocenters. The molecule has 21 heavy (non-hydrogen) atoms. The summed E-state index contributed by atoms with van der Waals surface area (Å²) in [6, 6.07) is 14.6. The summed E-state index contributed by atoms with van der Waals surface area (Å²) >= 11 is 0. The normalized spacial score (nSPS) is 12.7. The number of fused-ring (bicyclic) bond motifs is 1. The van der Waals surface area contributed by atoms with Crippen LogP contribution in [0.25, 0.3) is 11.0 Å². The van der Waals surface area contributed by atoms with E-state index in [1.54, 1.807) is 12.5 Å². The lowest BCUT2D eigenvalue weighted by Gasteiger charge is -2.25. The third-order valence-electron chi connectivity index (χ3n) is 3.65. The second kappa shape index (κ2) is 5.97. The molecule has 3 rings (SSSR count). The van der Waals surface area contributed by atoms with Crippen LogP contribution in [0.4, 0.5) is 5.82 Å². The third kappa shape index (κ3) is 2.90. The smallest absolute Gasteiger partial charge is 0.139 e. The quantitative estimate of drug-likeness (QED) is 0.776. The predicted octanol–water partition coefficient (Wildman–Crippen LogP) is 3.54. The van der Waals surface area contributed by atoms with Gasteiger partial charge in [-0.15, -0.1) is 0 Å². The minimum Gasteiger partial charge on any atom is -0.464 e. The van der Waals surface area contributed by atoms with Crippen molar-refractivity contribution in [2.45, 2.75) is 6.04 Å². The van der Waals surface area contributed by atoms with Crippen LogP contribution in [0.3, 0.4) is 0 Å².